The first-order valence-electron chi connectivity index (χ1n) is 23.1. The molecule has 0 unspecified atom stereocenters. The van der Waals surface area contributed by atoms with Crippen LogP contribution in [0.2, 0.25) is 0 Å². The third-order valence-corrected chi connectivity index (χ3v) is 13.2. The molecule has 13 rings (SSSR count). The molecule has 0 fully saturated rings. The number of hydrogen-bond acceptors (Lipinski definition) is 4. The van der Waals surface area contributed by atoms with E-state index in [-0.39, 0.29) is 0 Å². The molecule has 0 atom stereocenters. The van der Waals surface area contributed by atoms with Crippen LogP contribution >= 0.6 is 0 Å². The van der Waals surface area contributed by atoms with Gasteiger partial charge in [0.2, 0.25) is 0 Å². The van der Waals surface area contributed by atoms with Crippen LogP contribution in [0, 0.1) is 0 Å². The topological polar surface area (TPSA) is 32.8 Å². The molecule has 0 amide bonds. The van der Waals surface area contributed by atoms with Crippen molar-refractivity contribution < 1.29 is 8.83 Å². The van der Waals surface area contributed by atoms with Gasteiger partial charge >= 0.3 is 0 Å². The second-order valence-corrected chi connectivity index (χ2v) is 17.4. The fourth-order valence-corrected chi connectivity index (χ4v) is 9.82. The van der Waals surface area contributed by atoms with Gasteiger partial charge in [0.1, 0.15) is 22.3 Å². The minimum absolute atomic E-state index is 0.832. The number of benzene rings is 11. The molecule has 0 radical (unpaired) electrons. The average molecular weight is 871 g/mol. The number of furan rings is 2. The van der Waals surface area contributed by atoms with Gasteiger partial charge in [0, 0.05) is 67.8 Å². The van der Waals surface area contributed by atoms with Crippen molar-refractivity contribution in [2.24, 2.45) is 0 Å². The van der Waals surface area contributed by atoms with E-state index in [2.05, 4.69) is 265 Å². The van der Waals surface area contributed by atoms with Crippen LogP contribution in [0.15, 0.2) is 264 Å². The van der Waals surface area contributed by atoms with E-state index in [4.69, 9.17) is 8.83 Å². The molecule has 13 aromatic rings. The van der Waals surface area contributed by atoms with Crippen molar-refractivity contribution in [1.29, 1.82) is 0 Å². The number of fused-ring (bicyclic) bond motifs is 7. The maximum Gasteiger partial charge on any atom is 0.137 e. The maximum atomic E-state index is 6.74. The Kier molecular flexibility index (Phi) is 9.47. The van der Waals surface area contributed by atoms with E-state index in [1.54, 1.807) is 0 Å². The quantitative estimate of drug-likeness (QED) is 0.145. The monoisotopic (exact) mass is 870 g/mol. The summed E-state index contributed by atoms with van der Waals surface area (Å²) in [6, 6.07) is 90.4. The predicted octanol–water partition coefficient (Wildman–Crippen LogP) is 18.6. The minimum Gasteiger partial charge on any atom is -0.456 e. The second kappa shape index (κ2) is 16.4. The highest BCUT2D eigenvalue weighted by atomic mass is 16.3. The van der Waals surface area contributed by atoms with E-state index in [1.807, 2.05) is 0 Å². The molecule has 11 aromatic carbocycles. The van der Waals surface area contributed by atoms with E-state index in [1.165, 1.54) is 33.4 Å². The van der Waals surface area contributed by atoms with Gasteiger partial charge in [0.25, 0.3) is 0 Å². The van der Waals surface area contributed by atoms with Gasteiger partial charge in [0.05, 0.1) is 0 Å². The molecule has 0 aliphatic heterocycles. The molecule has 0 aliphatic rings. The van der Waals surface area contributed by atoms with Crippen LogP contribution in [0.4, 0.5) is 34.1 Å². The van der Waals surface area contributed by atoms with E-state index in [9.17, 15) is 0 Å². The lowest BCUT2D eigenvalue weighted by Crippen LogP contribution is -2.09. The molecule has 4 heteroatoms. The first kappa shape index (κ1) is 39.3. The minimum atomic E-state index is 0.832. The Labute approximate surface area is 393 Å². The Hall–Kier alpha value is -9.12. The van der Waals surface area contributed by atoms with Crippen molar-refractivity contribution in [2.45, 2.75) is 0 Å². The fraction of sp³-hybridized carbons (Fsp3) is 0. The van der Waals surface area contributed by atoms with Crippen molar-refractivity contribution in [2.75, 3.05) is 9.80 Å². The first-order valence-corrected chi connectivity index (χ1v) is 23.1. The Bertz CT molecular complexity index is 3840. The van der Waals surface area contributed by atoms with Crippen molar-refractivity contribution >= 4 is 88.8 Å². The van der Waals surface area contributed by atoms with Crippen molar-refractivity contribution in [3.8, 4) is 33.4 Å². The summed E-state index contributed by atoms with van der Waals surface area (Å²) in [5.74, 6) is 0. The molecule has 0 aliphatic carbocycles. The summed E-state index contributed by atoms with van der Waals surface area (Å²) in [4.78, 5) is 4.59. The SMILES string of the molecule is c1ccc(-c2ccc(N(c3ccccc3)c3ccc4c(c3)oc3cc5cc6oc7cc(N(c8ccc(-c9ccccc9)cc8)c8ccc(-c9ccccc9)cc8)ccc7c6cc5cc34)cc2)cc1. The molecule has 320 valence electrons. The summed E-state index contributed by atoms with van der Waals surface area (Å²) < 4.78 is 13.4. The van der Waals surface area contributed by atoms with Gasteiger partial charge in [-0.1, -0.05) is 146 Å². The van der Waals surface area contributed by atoms with Gasteiger partial charge in [0.15, 0.2) is 0 Å². The largest absolute Gasteiger partial charge is 0.456 e. The second-order valence-electron chi connectivity index (χ2n) is 17.4. The van der Waals surface area contributed by atoms with E-state index in [0.29, 0.717) is 0 Å². The predicted molar refractivity (Wildman–Crippen MR) is 284 cm³/mol. The molecule has 2 aromatic heterocycles. The molecular formula is C64H42N2O2. The molecule has 68 heavy (non-hydrogen) atoms. The van der Waals surface area contributed by atoms with Crippen molar-refractivity contribution in [3.63, 3.8) is 0 Å². The van der Waals surface area contributed by atoms with E-state index >= 15 is 0 Å². The molecule has 2 heterocycles. The molecule has 0 saturated heterocycles. The third-order valence-electron chi connectivity index (χ3n) is 13.2. The van der Waals surface area contributed by atoms with Crippen LogP contribution in [0.1, 0.15) is 0 Å². The van der Waals surface area contributed by atoms with Crippen LogP contribution in [0.3, 0.4) is 0 Å². The number of nitrogens with zero attached hydrogens (tertiary/aromatic N) is 2. The lowest BCUT2D eigenvalue weighted by atomic mass is 10.0. The van der Waals surface area contributed by atoms with Crippen LogP contribution in [-0.2, 0) is 0 Å². The van der Waals surface area contributed by atoms with Gasteiger partial charge in [-0.05, 0) is 141 Å². The lowest BCUT2D eigenvalue weighted by molar-refractivity contribution is 0.668. The van der Waals surface area contributed by atoms with Crippen LogP contribution in [0.5, 0.6) is 0 Å². The van der Waals surface area contributed by atoms with E-state index in [0.717, 1.165) is 88.8 Å². The normalized spacial score (nSPS) is 11.5. The molecule has 0 saturated carbocycles. The summed E-state index contributed by atoms with van der Waals surface area (Å²) in [5.41, 5.74) is 16.8. The number of hydrogen-bond donors (Lipinski definition) is 0. The number of rotatable bonds is 9. The Balaban J connectivity index is 0.867. The zero-order valence-corrected chi connectivity index (χ0v) is 37.0. The molecule has 0 bridgehead atoms. The smallest absolute Gasteiger partial charge is 0.137 e. The molecule has 4 nitrogen and oxygen atoms in total. The summed E-state index contributed by atoms with van der Waals surface area (Å²) in [6.07, 6.45) is 0. The van der Waals surface area contributed by atoms with Crippen molar-refractivity contribution in [3.05, 3.63) is 255 Å². The average Bonchev–Trinajstić information content (AvgIpc) is 3.95. The summed E-state index contributed by atoms with van der Waals surface area (Å²) in [7, 11) is 0. The Morgan fingerprint density at radius 2 is 0.485 bits per heavy atom. The lowest BCUT2D eigenvalue weighted by Gasteiger charge is -2.26. The number of para-hydroxylation sites is 1. The highest BCUT2D eigenvalue weighted by Gasteiger charge is 2.19. The summed E-state index contributed by atoms with van der Waals surface area (Å²) in [6.45, 7) is 0. The summed E-state index contributed by atoms with van der Waals surface area (Å²) >= 11 is 0. The van der Waals surface area contributed by atoms with Gasteiger partial charge < -0.3 is 18.6 Å². The van der Waals surface area contributed by atoms with Gasteiger partial charge in [-0.3, -0.25) is 0 Å². The Morgan fingerprint density at radius 1 is 0.206 bits per heavy atom. The van der Waals surface area contributed by atoms with Crippen molar-refractivity contribution in [1.82, 2.24) is 0 Å². The molecule has 0 N–H and O–H groups in total. The van der Waals surface area contributed by atoms with E-state index < -0.39 is 0 Å². The summed E-state index contributed by atoms with van der Waals surface area (Å²) in [5, 5.41) is 6.51. The first-order chi connectivity index (χ1) is 33.7. The zero-order chi connectivity index (χ0) is 45.0. The standard InChI is InChI=1S/C64H42N2O2/c1-5-13-43(14-6-1)46-21-27-52(28-22-46)65(51-19-11-4-12-20-51)55-33-35-57-59-37-49-38-60-58-36-34-56(42-64(58)68-62(60)40-50(49)39-61(59)67-63(57)41-55)66(53-29-23-47(24-30-53)44-15-7-2-8-16-44)54-31-25-48(26-32-54)45-17-9-3-10-18-45/h1-42H. The van der Waals surface area contributed by atoms with Crippen LogP contribution in [0.25, 0.3) is 88.0 Å². The fourth-order valence-electron chi connectivity index (χ4n) is 9.82. The number of anilines is 6. The van der Waals surface area contributed by atoms with Gasteiger partial charge in [-0.25, -0.2) is 0 Å². The third kappa shape index (κ3) is 7.04. The van der Waals surface area contributed by atoms with Gasteiger partial charge in [-0.15, -0.1) is 0 Å². The van der Waals surface area contributed by atoms with Gasteiger partial charge in [-0.2, -0.15) is 0 Å². The molecular weight excluding hydrogens is 829 g/mol. The highest BCUT2D eigenvalue weighted by Crippen LogP contribution is 2.43. The maximum absolute atomic E-state index is 6.74. The van der Waals surface area contributed by atoms with Crippen LogP contribution < -0.4 is 9.80 Å². The molecule has 0 spiro atoms. The highest BCUT2D eigenvalue weighted by molar-refractivity contribution is 6.15. The van der Waals surface area contributed by atoms with Crippen LogP contribution in [-0.4, -0.2) is 0 Å². The zero-order valence-electron chi connectivity index (χ0n) is 37.0. The Morgan fingerprint density at radius 3 is 0.853 bits per heavy atom.